The Hall–Kier alpha value is -3.13. The minimum Gasteiger partial charge on any atom is -0.427 e. The van der Waals surface area contributed by atoms with Crippen molar-refractivity contribution in [1.82, 2.24) is 15.2 Å². The number of carbonyl (C=O) groups is 4. The van der Waals surface area contributed by atoms with E-state index in [-0.39, 0.29) is 34.7 Å². The number of esters is 2. The molecule has 2 unspecified atom stereocenters. The number of hydrogen-bond donors (Lipinski definition) is 2. The van der Waals surface area contributed by atoms with Gasteiger partial charge in [-0.05, 0) is 20.8 Å². The highest BCUT2D eigenvalue weighted by atomic mass is 32.2. The third kappa shape index (κ3) is 5.42. The molecule has 1 aromatic heterocycles. The second-order valence-electron chi connectivity index (χ2n) is 8.90. The van der Waals surface area contributed by atoms with Crippen LogP contribution < -0.4 is 11.1 Å². The molecule has 0 bridgehead atoms. The number of amides is 2. The van der Waals surface area contributed by atoms with Gasteiger partial charge in [0.05, 0.1) is 5.41 Å². The van der Waals surface area contributed by atoms with E-state index >= 15 is 0 Å². The summed E-state index contributed by atoms with van der Waals surface area (Å²) in [6, 6.07) is -0.822. The van der Waals surface area contributed by atoms with Crippen molar-refractivity contribution in [3.05, 3.63) is 23.7 Å². The Kier molecular flexibility index (Phi) is 7.74. The van der Waals surface area contributed by atoms with Crippen molar-refractivity contribution in [3.8, 4) is 0 Å². The third-order valence-electron chi connectivity index (χ3n) is 5.34. The SMILES string of the molecule is C=CC1(C(=O)OCOC(=O)C(C)(C)C)CS[C@@H]2C(NC(=O)C(=NOC)c3csc(N)n3)C(=O)N2C1. The predicted octanol–water partition coefficient (Wildman–Crippen LogP) is 0.738. The van der Waals surface area contributed by atoms with Gasteiger partial charge in [-0.25, -0.2) is 4.98 Å². The maximum absolute atomic E-state index is 12.8. The van der Waals surface area contributed by atoms with E-state index in [0.29, 0.717) is 0 Å². The van der Waals surface area contributed by atoms with Crippen LogP contribution in [0.4, 0.5) is 5.13 Å². The van der Waals surface area contributed by atoms with Crippen molar-refractivity contribution in [2.75, 3.05) is 31.9 Å². The number of nitrogens with two attached hydrogens (primary N) is 1. The molecule has 1 aromatic rings. The lowest BCUT2D eigenvalue weighted by Crippen LogP contribution is -2.73. The highest BCUT2D eigenvalue weighted by molar-refractivity contribution is 8.00. The van der Waals surface area contributed by atoms with Gasteiger partial charge in [0.25, 0.3) is 5.91 Å². The van der Waals surface area contributed by atoms with E-state index in [1.54, 1.807) is 26.2 Å². The number of anilines is 1. The molecule has 2 fully saturated rings. The number of carbonyl (C=O) groups excluding carboxylic acids is 4. The third-order valence-corrected chi connectivity index (χ3v) is 7.57. The summed E-state index contributed by atoms with van der Waals surface area (Å²) < 4.78 is 10.2. The van der Waals surface area contributed by atoms with Gasteiger partial charge < -0.3 is 30.3 Å². The molecular formula is C21H27N5O7S2. The fourth-order valence-electron chi connectivity index (χ4n) is 3.32. The number of rotatable bonds is 8. The fourth-order valence-corrected chi connectivity index (χ4v) is 5.40. The molecular weight excluding hydrogens is 498 g/mol. The largest absolute Gasteiger partial charge is 0.427 e. The number of hydrogen-bond acceptors (Lipinski definition) is 12. The summed E-state index contributed by atoms with van der Waals surface area (Å²) in [5.74, 6) is -1.93. The van der Waals surface area contributed by atoms with Crippen LogP contribution in [0, 0.1) is 10.8 Å². The molecule has 0 aliphatic carbocycles. The summed E-state index contributed by atoms with van der Waals surface area (Å²) in [7, 11) is 1.29. The van der Waals surface area contributed by atoms with Crippen LogP contribution in [0.1, 0.15) is 26.5 Å². The molecule has 0 aromatic carbocycles. The number of β-lactam (4-membered cyclic amide) rings is 1. The first-order chi connectivity index (χ1) is 16.4. The summed E-state index contributed by atoms with van der Waals surface area (Å²) in [5.41, 5.74) is 3.84. The molecule has 3 heterocycles. The van der Waals surface area contributed by atoms with Crippen LogP contribution in [0.2, 0.25) is 0 Å². The van der Waals surface area contributed by atoms with Crippen LogP contribution in [0.25, 0.3) is 0 Å². The van der Waals surface area contributed by atoms with E-state index in [9.17, 15) is 19.2 Å². The Morgan fingerprint density at radius 1 is 1.40 bits per heavy atom. The summed E-state index contributed by atoms with van der Waals surface area (Å²) >= 11 is 2.44. The van der Waals surface area contributed by atoms with Crippen molar-refractivity contribution in [2.24, 2.45) is 16.0 Å². The van der Waals surface area contributed by atoms with Gasteiger partial charge in [0, 0.05) is 17.7 Å². The number of oxime groups is 1. The zero-order chi connectivity index (χ0) is 26.0. The normalized spacial score (nSPS) is 24.1. The van der Waals surface area contributed by atoms with Crippen LogP contribution in [-0.2, 0) is 33.5 Å². The van der Waals surface area contributed by atoms with Gasteiger partial charge in [0.1, 0.15) is 29.6 Å². The quantitative estimate of drug-likeness (QED) is 0.124. The number of nitrogens with one attached hydrogen (secondary N) is 1. The molecule has 14 heteroatoms. The molecule has 0 saturated carbocycles. The van der Waals surface area contributed by atoms with Gasteiger partial charge >= 0.3 is 11.9 Å². The Bertz CT molecular complexity index is 1070. The highest BCUT2D eigenvalue weighted by Crippen LogP contribution is 2.43. The number of thiazole rings is 1. The number of nitrogens with zero attached hydrogens (tertiary/aromatic N) is 3. The molecule has 2 aliphatic rings. The van der Waals surface area contributed by atoms with Gasteiger partial charge in [-0.2, -0.15) is 0 Å². The molecule has 0 spiro atoms. The van der Waals surface area contributed by atoms with E-state index in [4.69, 9.17) is 20.0 Å². The molecule has 3 atom stereocenters. The number of nitrogen functional groups attached to an aromatic ring is 1. The maximum atomic E-state index is 12.8. The Morgan fingerprint density at radius 3 is 2.69 bits per heavy atom. The van der Waals surface area contributed by atoms with Crippen LogP contribution in [0.5, 0.6) is 0 Å². The second-order valence-corrected chi connectivity index (χ2v) is 10.9. The van der Waals surface area contributed by atoms with E-state index in [1.807, 2.05) is 0 Å². The molecule has 190 valence electrons. The fraction of sp³-hybridized carbons (Fsp3) is 0.524. The predicted molar refractivity (Wildman–Crippen MR) is 129 cm³/mol. The first-order valence-corrected chi connectivity index (χ1v) is 12.4. The van der Waals surface area contributed by atoms with E-state index in [2.05, 4.69) is 22.0 Å². The van der Waals surface area contributed by atoms with Crippen LogP contribution in [0.15, 0.2) is 23.2 Å². The lowest BCUT2D eigenvalue weighted by molar-refractivity contribution is -0.178. The van der Waals surface area contributed by atoms with Crippen LogP contribution in [0.3, 0.4) is 0 Å². The van der Waals surface area contributed by atoms with E-state index < -0.39 is 46.9 Å². The average molecular weight is 526 g/mol. The average Bonchev–Trinajstić information content (AvgIpc) is 3.25. The van der Waals surface area contributed by atoms with E-state index in [0.717, 1.165) is 11.3 Å². The first-order valence-electron chi connectivity index (χ1n) is 10.5. The smallest absolute Gasteiger partial charge is 0.321 e. The van der Waals surface area contributed by atoms with E-state index in [1.165, 1.54) is 29.8 Å². The standard InChI is InChI=1S/C21H27N5O7S2/c1-6-21(18(30)33-10-32-17(29)20(2,3)4)8-26-15(28)13(16(26)35-9-21)24-14(27)12(25-31-5)11-7-34-19(22)23-11/h6-7,13,16H,1,8-10H2,2-5H3,(H2,22,23)(H,24,27)/t13?,16-,21?/m1/s1. The molecule has 3 rings (SSSR count). The van der Waals surface area contributed by atoms with Crippen molar-refractivity contribution in [3.63, 3.8) is 0 Å². The van der Waals surface area contributed by atoms with Crippen molar-refractivity contribution in [1.29, 1.82) is 0 Å². The molecule has 2 amide bonds. The van der Waals surface area contributed by atoms with Crippen molar-refractivity contribution >= 4 is 57.7 Å². The van der Waals surface area contributed by atoms with Gasteiger partial charge in [-0.1, -0.05) is 11.2 Å². The molecule has 3 N–H and O–H groups in total. The summed E-state index contributed by atoms with van der Waals surface area (Å²) in [6.45, 7) is 8.27. The second kappa shape index (κ2) is 10.2. The van der Waals surface area contributed by atoms with Gasteiger partial charge in [0.15, 0.2) is 10.8 Å². The molecule has 0 radical (unpaired) electrons. The number of aromatic nitrogens is 1. The number of fused-ring (bicyclic) bond motifs is 1. The number of thioether (sulfide) groups is 1. The highest BCUT2D eigenvalue weighted by Gasteiger charge is 2.57. The molecule has 2 aliphatic heterocycles. The van der Waals surface area contributed by atoms with Gasteiger partial charge in [-0.15, -0.1) is 29.7 Å². The minimum absolute atomic E-state index is 0.0209. The lowest BCUT2D eigenvalue weighted by atomic mass is 9.87. The maximum Gasteiger partial charge on any atom is 0.321 e. The van der Waals surface area contributed by atoms with Crippen LogP contribution in [-0.4, -0.2) is 77.0 Å². The molecule has 35 heavy (non-hydrogen) atoms. The monoisotopic (exact) mass is 525 g/mol. The van der Waals surface area contributed by atoms with Crippen molar-refractivity contribution < 1.29 is 33.5 Å². The Balaban J connectivity index is 1.61. The Morgan fingerprint density at radius 2 is 2.11 bits per heavy atom. The first kappa shape index (κ1) is 26.5. The number of ether oxygens (including phenoxy) is 2. The van der Waals surface area contributed by atoms with Crippen LogP contribution >= 0.6 is 23.1 Å². The Labute approximate surface area is 210 Å². The van der Waals surface area contributed by atoms with Gasteiger partial charge in [0.2, 0.25) is 12.7 Å². The summed E-state index contributed by atoms with van der Waals surface area (Å²) in [4.78, 5) is 60.5. The minimum atomic E-state index is -1.18. The summed E-state index contributed by atoms with van der Waals surface area (Å²) in [6.07, 6.45) is 1.43. The molecule has 2 saturated heterocycles. The summed E-state index contributed by atoms with van der Waals surface area (Å²) in [5, 5.41) is 7.79. The zero-order valence-corrected chi connectivity index (χ0v) is 21.4. The topological polar surface area (TPSA) is 163 Å². The molecule has 12 nitrogen and oxygen atoms in total. The van der Waals surface area contributed by atoms with Crippen molar-refractivity contribution in [2.45, 2.75) is 32.2 Å². The van der Waals surface area contributed by atoms with Gasteiger partial charge in [-0.3, -0.25) is 19.2 Å². The zero-order valence-electron chi connectivity index (χ0n) is 19.7. The lowest BCUT2D eigenvalue weighted by Gasteiger charge is -2.53.